The van der Waals surface area contributed by atoms with E-state index < -0.39 is 28.9 Å². The molecule has 2 rings (SSSR count). The minimum absolute atomic E-state index is 0.0430. The summed E-state index contributed by atoms with van der Waals surface area (Å²) >= 11 is 0. The standard InChI is InChI=1S/C14H15F4NO2/c1-13(12(20)21)4-5-19(8-13)7-9-2-3-10(15)6-11(9)14(16,17)18/h2-3,6H,4-5,7-8H2,1H3,(H,20,21). The molecular formula is C14H15F4NO2. The van der Waals surface area contributed by atoms with Crippen LogP contribution in [0.15, 0.2) is 18.2 Å². The Hall–Kier alpha value is -1.63. The Kier molecular flexibility index (Phi) is 3.97. The SMILES string of the molecule is CC1(C(=O)O)CCN(Cc2ccc(F)cc2C(F)(F)F)C1. The fraction of sp³-hybridized carbons (Fsp3) is 0.500. The van der Waals surface area contributed by atoms with Gasteiger partial charge in [-0.2, -0.15) is 13.2 Å². The summed E-state index contributed by atoms with van der Waals surface area (Å²) in [6.45, 7) is 2.11. The number of benzene rings is 1. The summed E-state index contributed by atoms with van der Waals surface area (Å²) in [7, 11) is 0. The third-order valence-electron chi connectivity index (χ3n) is 3.84. The van der Waals surface area contributed by atoms with Crippen molar-refractivity contribution in [1.29, 1.82) is 0 Å². The summed E-state index contributed by atoms with van der Waals surface area (Å²) in [5.74, 6) is -1.90. The van der Waals surface area contributed by atoms with Crippen LogP contribution < -0.4 is 0 Å². The molecule has 0 saturated carbocycles. The number of alkyl halides is 3. The van der Waals surface area contributed by atoms with Gasteiger partial charge in [-0.15, -0.1) is 0 Å². The molecule has 0 bridgehead atoms. The highest BCUT2D eigenvalue weighted by molar-refractivity contribution is 5.74. The summed E-state index contributed by atoms with van der Waals surface area (Å²) in [6.07, 6.45) is -4.25. The molecule has 116 valence electrons. The van der Waals surface area contributed by atoms with Crippen molar-refractivity contribution in [2.24, 2.45) is 5.41 Å². The predicted octanol–water partition coefficient (Wildman–Crippen LogP) is 3.14. The van der Waals surface area contributed by atoms with E-state index in [0.717, 1.165) is 12.1 Å². The Morgan fingerprint density at radius 3 is 2.62 bits per heavy atom. The molecule has 1 heterocycles. The zero-order chi connectivity index (χ0) is 15.8. The lowest BCUT2D eigenvalue weighted by Gasteiger charge is -2.21. The first-order valence-electron chi connectivity index (χ1n) is 6.43. The van der Waals surface area contributed by atoms with Crippen LogP contribution in [0.1, 0.15) is 24.5 Å². The topological polar surface area (TPSA) is 40.5 Å². The summed E-state index contributed by atoms with van der Waals surface area (Å²) in [5, 5.41) is 9.12. The summed E-state index contributed by atoms with van der Waals surface area (Å²) in [5.41, 5.74) is -2.00. The molecule has 1 aromatic rings. The van der Waals surface area contributed by atoms with E-state index in [4.69, 9.17) is 5.11 Å². The lowest BCUT2D eigenvalue weighted by molar-refractivity contribution is -0.147. The van der Waals surface area contributed by atoms with Crippen molar-refractivity contribution in [3.63, 3.8) is 0 Å². The maximum atomic E-state index is 13.0. The van der Waals surface area contributed by atoms with Gasteiger partial charge in [0.1, 0.15) is 5.82 Å². The zero-order valence-electron chi connectivity index (χ0n) is 11.4. The Labute approximate surface area is 119 Å². The molecule has 1 aromatic carbocycles. The summed E-state index contributed by atoms with van der Waals surface area (Å²) in [6, 6.07) is 2.56. The molecule has 1 unspecified atom stereocenters. The number of carbonyl (C=O) groups is 1. The molecule has 1 fully saturated rings. The molecule has 1 saturated heterocycles. The summed E-state index contributed by atoms with van der Waals surface area (Å²) < 4.78 is 51.7. The molecule has 3 nitrogen and oxygen atoms in total. The molecule has 7 heteroatoms. The minimum Gasteiger partial charge on any atom is -0.481 e. The van der Waals surface area contributed by atoms with Gasteiger partial charge >= 0.3 is 12.1 Å². The number of carboxylic acid groups (broad SMARTS) is 1. The van der Waals surface area contributed by atoms with Gasteiger partial charge in [-0.1, -0.05) is 6.07 Å². The fourth-order valence-corrected chi connectivity index (χ4v) is 2.56. The van der Waals surface area contributed by atoms with Crippen LogP contribution in [0.3, 0.4) is 0 Å². The van der Waals surface area contributed by atoms with Crippen LogP contribution in [0.4, 0.5) is 17.6 Å². The molecule has 0 aromatic heterocycles. The van der Waals surface area contributed by atoms with Crippen LogP contribution in [0.2, 0.25) is 0 Å². The number of hydrogen-bond donors (Lipinski definition) is 1. The van der Waals surface area contributed by atoms with Gasteiger partial charge < -0.3 is 5.11 Å². The highest BCUT2D eigenvalue weighted by Gasteiger charge is 2.41. The first kappa shape index (κ1) is 15.8. The first-order valence-corrected chi connectivity index (χ1v) is 6.43. The van der Waals surface area contributed by atoms with Gasteiger partial charge in [0, 0.05) is 13.1 Å². The lowest BCUT2D eigenvalue weighted by Crippen LogP contribution is -2.31. The molecule has 0 aliphatic carbocycles. The number of nitrogens with zero attached hydrogens (tertiary/aromatic N) is 1. The minimum atomic E-state index is -4.63. The maximum Gasteiger partial charge on any atom is 0.416 e. The number of rotatable bonds is 3. The van der Waals surface area contributed by atoms with Crippen LogP contribution in [-0.4, -0.2) is 29.1 Å². The Balaban J connectivity index is 2.20. The predicted molar refractivity (Wildman–Crippen MR) is 67.0 cm³/mol. The number of likely N-dealkylation sites (tertiary alicyclic amines) is 1. The Morgan fingerprint density at radius 1 is 1.43 bits per heavy atom. The van der Waals surface area contributed by atoms with Crippen LogP contribution >= 0.6 is 0 Å². The second-order valence-corrected chi connectivity index (χ2v) is 5.63. The Bertz CT molecular complexity index is 558. The second kappa shape index (κ2) is 5.29. The molecule has 0 spiro atoms. The van der Waals surface area contributed by atoms with E-state index in [1.807, 2.05) is 0 Å². The molecule has 21 heavy (non-hydrogen) atoms. The van der Waals surface area contributed by atoms with Crippen molar-refractivity contribution < 1.29 is 27.5 Å². The van der Waals surface area contributed by atoms with E-state index in [2.05, 4.69) is 0 Å². The fourth-order valence-electron chi connectivity index (χ4n) is 2.56. The van der Waals surface area contributed by atoms with E-state index >= 15 is 0 Å². The quantitative estimate of drug-likeness (QED) is 0.872. The van der Waals surface area contributed by atoms with Gasteiger partial charge in [0.15, 0.2) is 0 Å². The van der Waals surface area contributed by atoms with E-state index in [-0.39, 0.29) is 18.7 Å². The molecule has 1 atom stereocenters. The van der Waals surface area contributed by atoms with Crippen molar-refractivity contribution >= 4 is 5.97 Å². The number of aliphatic carboxylic acids is 1. The Morgan fingerprint density at radius 2 is 2.10 bits per heavy atom. The largest absolute Gasteiger partial charge is 0.481 e. The van der Waals surface area contributed by atoms with Gasteiger partial charge in [0.2, 0.25) is 0 Å². The zero-order valence-corrected chi connectivity index (χ0v) is 11.4. The number of halogens is 4. The van der Waals surface area contributed by atoms with Crippen LogP contribution in [0, 0.1) is 11.2 Å². The van der Waals surface area contributed by atoms with E-state index in [9.17, 15) is 22.4 Å². The molecular weight excluding hydrogens is 290 g/mol. The third kappa shape index (κ3) is 3.34. The number of carboxylic acids is 1. The molecule has 0 amide bonds. The van der Waals surface area contributed by atoms with Crippen LogP contribution in [0.25, 0.3) is 0 Å². The van der Waals surface area contributed by atoms with Crippen molar-refractivity contribution in [1.82, 2.24) is 4.90 Å². The van der Waals surface area contributed by atoms with E-state index in [0.29, 0.717) is 19.0 Å². The smallest absolute Gasteiger partial charge is 0.416 e. The van der Waals surface area contributed by atoms with Gasteiger partial charge in [-0.05, 0) is 37.6 Å². The van der Waals surface area contributed by atoms with E-state index in [1.54, 1.807) is 11.8 Å². The van der Waals surface area contributed by atoms with Crippen molar-refractivity contribution in [3.05, 3.63) is 35.1 Å². The van der Waals surface area contributed by atoms with Gasteiger partial charge in [0.05, 0.1) is 11.0 Å². The molecule has 0 radical (unpaired) electrons. The second-order valence-electron chi connectivity index (χ2n) is 5.63. The van der Waals surface area contributed by atoms with Crippen molar-refractivity contribution in [3.8, 4) is 0 Å². The maximum absolute atomic E-state index is 13.0. The monoisotopic (exact) mass is 305 g/mol. The average molecular weight is 305 g/mol. The molecule has 1 aliphatic heterocycles. The number of hydrogen-bond acceptors (Lipinski definition) is 2. The van der Waals surface area contributed by atoms with Gasteiger partial charge in [-0.25, -0.2) is 4.39 Å². The van der Waals surface area contributed by atoms with Crippen LogP contribution in [0.5, 0.6) is 0 Å². The lowest BCUT2D eigenvalue weighted by atomic mass is 9.90. The van der Waals surface area contributed by atoms with Crippen molar-refractivity contribution in [2.45, 2.75) is 26.1 Å². The van der Waals surface area contributed by atoms with E-state index in [1.165, 1.54) is 0 Å². The molecule has 1 aliphatic rings. The van der Waals surface area contributed by atoms with Crippen molar-refractivity contribution in [2.75, 3.05) is 13.1 Å². The first-order chi connectivity index (χ1) is 9.62. The third-order valence-corrected chi connectivity index (χ3v) is 3.84. The highest BCUT2D eigenvalue weighted by atomic mass is 19.4. The average Bonchev–Trinajstić information content (AvgIpc) is 2.73. The molecule has 1 N–H and O–H groups in total. The van der Waals surface area contributed by atoms with Crippen LogP contribution in [-0.2, 0) is 17.5 Å². The van der Waals surface area contributed by atoms with Gasteiger partial charge in [0.25, 0.3) is 0 Å². The normalized spacial score (nSPS) is 23.5. The summed E-state index contributed by atoms with van der Waals surface area (Å²) in [4.78, 5) is 12.8. The van der Waals surface area contributed by atoms with Gasteiger partial charge in [-0.3, -0.25) is 9.69 Å². The highest BCUT2D eigenvalue weighted by Crippen LogP contribution is 2.35.